The third-order valence-electron chi connectivity index (χ3n) is 4.29. The van der Waals surface area contributed by atoms with E-state index in [9.17, 15) is 9.59 Å². The summed E-state index contributed by atoms with van der Waals surface area (Å²) in [5.74, 6) is 0.209. The fraction of sp³-hybridized carbons (Fsp3) is 0.556. The normalized spacial score (nSPS) is 17.3. The predicted molar refractivity (Wildman–Crippen MR) is 87.6 cm³/mol. The molecule has 1 amide bonds. The summed E-state index contributed by atoms with van der Waals surface area (Å²) in [6, 6.07) is 9.56. The molecule has 1 heterocycles. The highest BCUT2D eigenvalue weighted by Crippen LogP contribution is 2.11. The first-order chi connectivity index (χ1) is 10.6. The number of benzene rings is 1. The number of likely N-dealkylation sites (tertiary alicyclic amines) is 1. The number of amides is 1. The summed E-state index contributed by atoms with van der Waals surface area (Å²) in [6.45, 7) is 5.15. The van der Waals surface area contributed by atoms with Crippen molar-refractivity contribution < 1.29 is 9.59 Å². The van der Waals surface area contributed by atoms with E-state index in [2.05, 4.69) is 17.4 Å². The van der Waals surface area contributed by atoms with Crippen molar-refractivity contribution in [2.24, 2.45) is 0 Å². The van der Waals surface area contributed by atoms with Gasteiger partial charge < -0.3 is 4.90 Å². The number of hydrogen-bond donors (Lipinski definition) is 1. The van der Waals surface area contributed by atoms with Crippen molar-refractivity contribution >= 4 is 11.7 Å². The van der Waals surface area contributed by atoms with Gasteiger partial charge in [0.25, 0.3) is 0 Å². The van der Waals surface area contributed by atoms with Crippen LogP contribution in [-0.4, -0.2) is 41.8 Å². The molecule has 1 aromatic rings. The molecule has 0 aromatic heterocycles. The molecule has 1 aliphatic rings. The molecule has 0 unspecified atom stereocenters. The number of Topliss-reactive ketones (excluding diaryl/α,β-unsaturated/α-hetero) is 1. The Labute approximate surface area is 132 Å². The summed E-state index contributed by atoms with van der Waals surface area (Å²) < 4.78 is 0. The first-order valence-corrected chi connectivity index (χ1v) is 8.17. The maximum absolute atomic E-state index is 12.3. The summed E-state index contributed by atoms with van der Waals surface area (Å²) in [5, 5.41) is 3.22. The molecule has 2 atom stereocenters. The van der Waals surface area contributed by atoms with Gasteiger partial charge in [0.1, 0.15) is 5.78 Å². The molecule has 0 radical (unpaired) electrons. The van der Waals surface area contributed by atoms with Gasteiger partial charge in [-0.3, -0.25) is 14.9 Å². The van der Waals surface area contributed by atoms with Crippen molar-refractivity contribution in [3.05, 3.63) is 35.9 Å². The fourth-order valence-electron chi connectivity index (χ4n) is 2.94. The van der Waals surface area contributed by atoms with E-state index in [0.29, 0.717) is 0 Å². The van der Waals surface area contributed by atoms with Crippen LogP contribution in [-0.2, 0) is 16.0 Å². The molecule has 1 saturated heterocycles. The Morgan fingerprint density at radius 3 is 2.41 bits per heavy atom. The Balaban J connectivity index is 1.87. The number of carbonyl (C=O) groups excluding carboxylic acids is 2. The lowest BCUT2D eigenvalue weighted by Gasteiger charge is -2.25. The molecule has 1 aliphatic heterocycles. The Morgan fingerprint density at radius 2 is 1.82 bits per heavy atom. The number of carbonyl (C=O) groups is 2. The number of ketones is 1. The summed E-state index contributed by atoms with van der Waals surface area (Å²) in [5.41, 5.74) is 1.22. The lowest BCUT2D eigenvalue weighted by atomic mass is 10.0. The number of rotatable bonds is 7. The van der Waals surface area contributed by atoms with Crippen LogP contribution in [0.3, 0.4) is 0 Å². The van der Waals surface area contributed by atoms with E-state index < -0.39 is 0 Å². The number of aryl methyl sites for hydroxylation is 1. The highest BCUT2D eigenvalue weighted by molar-refractivity contribution is 5.85. The van der Waals surface area contributed by atoms with Crippen LogP contribution in [0.1, 0.15) is 38.7 Å². The van der Waals surface area contributed by atoms with Gasteiger partial charge in [0.15, 0.2) is 0 Å². The van der Waals surface area contributed by atoms with Crippen LogP contribution >= 0.6 is 0 Å². The van der Waals surface area contributed by atoms with Crippen LogP contribution in [0.25, 0.3) is 0 Å². The average molecular weight is 302 g/mol. The Bertz CT molecular complexity index is 495. The van der Waals surface area contributed by atoms with Crippen LogP contribution in [0.2, 0.25) is 0 Å². The lowest BCUT2D eigenvalue weighted by molar-refractivity contribution is -0.132. The predicted octanol–water partition coefficient (Wildman–Crippen LogP) is 2.18. The third kappa shape index (κ3) is 4.67. The van der Waals surface area contributed by atoms with Gasteiger partial charge in [0.05, 0.1) is 12.1 Å². The van der Waals surface area contributed by atoms with E-state index in [4.69, 9.17) is 0 Å². The quantitative estimate of drug-likeness (QED) is 0.840. The minimum absolute atomic E-state index is 0.0944. The van der Waals surface area contributed by atoms with Gasteiger partial charge in [-0.2, -0.15) is 0 Å². The third-order valence-corrected chi connectivity index (χ3v) is 4.29. The van der Waals surface area contributed by atoms with Gasteiger partial charge in [-0.1, -0.05) is 30.3 Å². The molecular formula is C18H26N2O2. The van der Waals surface area contributed by atoms with Gasteiger partial charge in [0, 0.05) is 13.1 Å². The first kappa shape index (κ1) is 16.7. The highest BCUT2D eigenvalue weighted by atomic mass is 16.2. The van der Waals surface area contributed by atoms with Crippen molar-refractivity contribution in [2.45, 2.75) is 51.6 Å². The molecular weight excluding hydrogens is 276 g/mol. The zero-order chi connectivity index (χ0) is 15.9. The standard InChI is InChI=1S/C18H26N2O2/c1-14(18(22)20-12-6-7-13-20)19-17(15(2)21)11-10-16-8-4-3-5-9-16/h3-5,8-9,14,17,19H,6-7,10-13H2,1-2H3/t14-,17-/m0/s1. The second-order valence-electron chi connectivity index (χ2n) is 6.11. The lowest BCUT2D eigenvalue weighted by Crippen LogP contribution is -2.49. The van der Waals surface area contributed by atoms with Crippen molar-refractivity contribution in [2.75, 3.05) is 13.1 Å². The van der Waals surface area contributed by atoms with E-state index in [-0.39, 0.29) is 23.8 Å². The van der Waals surface area contributed by atoms with Crippen molar-refractivity contribution in [1.29, 1.82) is 0 Å². The van der Waals surface area contributed by atoms with E-state index in [1.807, 2.05) is 30.0 Å². The molecule has 0 aliphatic carbocycles. The SMILES string of the molecule is CC(=O)[C@H](CCc1ccccc1)N[C@@H](C)C(=O)N1CCCC1. The number of nitrogens with zero attached hydrogens (tertiary/aromatic N) is 1. The van der Waals surface area contributed by atoms with E-state index in [1.54, 1.807) is 6.92 Å². The Hall–Kier alpha value is -1.68. The Morgan fingerprint density at radius 1 is 1.18 bits per heavy atom. The monoisotopic (exact) mass is 302 g/mol. The average Bonchev–Trinajstić information content (AvgIpc) is 3.05. The van der Waals surface area contributed by atoms with Crippen molar-refractivity contribution in [3.8, 4) is 0 Å². The molecule has 0 bridgehead atoms. The van der Waals surface area contributed by atoms with Crippen molar-refractivity contribution in [1.82, 2.24) is 10.2 Å². The van der Waals surface area contributed by atoms with Crippen LogP contribution in [0, 0.1) is 0 Å². The minimum Gasteiger partial charge on any atom is -0.341 e. The van der Waals surface area contributed by atoms with Crippen molar-refractivity contribution in [3.63, 3.8) is 0 Å². The number of nitrogens with one attached hydrogen (secondary N) is 1. The van der Waals surface area contributed by atoms with Gasteiger partial charge in [-0.25, -0.2) is 0 Å². The molecule has 22 heavy (non-hydrogen) atoms. The van der Waals surface area contributed by atoms with Gasteiger partial charge in [-0.05, 0) is 45.1 Å². The maximum atomic E-state index is 12.3. The summed E-state index contributed by atoms with van der Waals surface area (Å²) in [4.78, 5) is 26.1. The molecule has 2 rings (SSSR count). The van der Waals surface area contributed by atoms with Gasteiger partial charge >= 0.3 is 0 Å². The Kier molecular flexibility index (Phi) is 6.13. The maximum Gasteiger partial charge on any atom is 0.239 e. The number of hydrogen-bond acceptors (Lipinski definition) is 3. The second-order valence-corrected chi connectivity index (χ2v) is 6.11. The largest absolute Gasteiger partial charge is 0.341 e. The van der Waals surface area contributed by atoms with E-state index in [0.717, 1.165) is 38.8 Å². The molecule has 1 fully saturated rings. The summed E-state index contributed by atoms with van der Waals surface area (Å²) in [7, 11) is 0. The first-order valence-electron chi connectivity index (χ1n) is 8.17. The minimum atomic E-state index is -0.303. The van der Waals surface area contributed by atoms with E-state index in [1.165, 1.54) is 5.56 Å². The van der Waals surface area contributed by atoms with Crippen LogP contribution in [0.15, 0.2) is 30.3 Å². The zero-order valence-electron chi connectivity index (χ0n) is 13.5. The molecule has 1 aromatic carbocycles. The molecule has 4 nitrogen and oxygen atoms in total. The molecule has 0 spiro atoms. The molecule has 0 saturated carbocycles. The van der Waals surface area contributed by atoms with E-state index >= 15 is 0 Å². The van der Waals surface area contributed by atoms with Crippen LogP contribution < -0.4 is 5.32 Å². The summed E-state index contributed by atoms with van der Waals surface area (Å²) >= 11 is 0. The second kappa shape index (κ2) is 8.08. The van der Waals surface area contributed by atoms with Gasteiger partial charge in [0.2, 0.25) is 5.91 Å². The fourth-order valence-corrected chi connectivity index (χ4v) is 2.94. The van der Waals surface area contributed by atoms with Crippen LogP contribution in [0.5, 0.6) is 0 Å². The highest BCUT2D eigenvalue weighted by Gasteiger charge is 2.26. The van der Waals surface area contributed by atoms with Gasteiger partial charge in [-0.15, -0.1) is 0 Å². The zero-order valence-corrected chi connectivity index (χ0v) is 13.5. The molecule has 120 valence electrons. The molecule has 1 N–H and O–H groups in total. The topological polar surface area (TPSA) is 49.4 Å². The van der Waals surface area contributed by atoms with Crippen LogP contribution in [0.4, 0.5) is 0 Å². The smallest absolute Gasteiger partial charge is 0.239 e. The molecule has 4 heteroatoms. The summed E-state index contributed by atoms with van der Waals surface area (Å²) in [6.07, 6.45) is 3.73.